The first-order valence-electron chi connectivity index (χ1n) is 14.3. The number of ether oxygens (including phenoxy) is 2. The van der Waals surface area contributed by atoms with Gasteiger partial charge in [-0.1, -0.05) is 51.1 Å². The van der Waals surface area contributed by atoms with Crippen molar-refractivity contribution in [3.63, 3.8) is 0 Å². The molecule has 2 N–H and O–H groups in total. The van der Waals surface area contributed by atoms with Crippen LogP contribution in [0.1, 0.15) is 84.0 Å². The number of aromatic hydroxyl groups is 1. The molecule has 0 aromatic heterocycles. The summed E-state index contributed by atoms with van der Waals surface area (Å²) >= 11 is 0. The van der Waals surface area contributed by atoms with Gasteiger partial charge in [0.15, 0.2) is 14.1 Å². The summed E-state index contributed by atoms with van der Waals surface area (Å²) in [6.45, 7) is 16.6. The summed E-state index contributed by atoms with van der Waals surface area (Å²) in [7, 11) is -0.717. The fourth-order valence-electron chi connectivity index (χ4n) is 5.57. The van der Waals surface area contributed by atoms with Gasteiger partial charge in [0.05, 0.1) is 32.0 Å². The number of fused-ring (bicyclic) bond motifs is 2. The van der Waals surface area contributed by atoms with Crippen molar-refractivity contribution in [2.75, 3.05) is 7.11 Å². The van der Waals surface area contributed by atoms with E-state index in [2.05, 4.69) is 33.9 Å². The van der Waals surface area contributed by atoms with Crippen molar-refractivity contribution in [2.45, 2.75) is 91.5 Å². The van der Waals surface area contributed by atoms with E-state index < -0.39 is 20.5 Å². The van der Waals surface area contributed by atoms with Gasteiger partial charge >= 0.3 is 0 Å². The van der Waals surface area contributed by atoms with Crippen LogP contribution in [-0.4, -0.2) is 37.5 Å². The third-order valence-electron chi connectivity index (χ3n) is 8.86. The van der Waals surface area contributed by atoms with Gasteiger partial charge in [0.2, 0.25) is 0 Å². The van der Waals surface area contributed by atoms with Crippen molar-refractivity contribution < 1.29 is 28.9 Å². The number of carbonyl (C=O) groups excluding carboxylic acids is 1. The van der Waals surface area contributed by atoms with E-state index in [1.165, 1.54) is 0 Å². The molecule has 3 aromatic rings. The van der Waals surface area contributed by atoms with Crippen molar-refractivity contribution in [1.82, 2.24) is 0 Å². The first kappa shape index (κ1) is 31.0. The van der Waals surface area contributed by atoms with E-state index in [0.717, 1.165) is 33.4 Å². The van der Waals surface area contributed by atoms with E-state index in [1.54, 1.807) is 7.11 Å². The number of aliphatic hydroxyl groups excluding tert-OH is 1. The molecule has 0 saturated carbocycles. The molecule has 3 aromatic carbocycles. The molecule has 4 rings (SSSR count). The zero-order chi connectivity index (χ0) is 30.3. The lowest BCUT2D eigenvalue weighted by molar-refractivity contribution is -0.000332. The van der Waals surface area contributed by atoms with Crippen LogP contribution >= 0.6 is 0 Å². The van der Waals surface area contributed by atoms with Crippen LogP contribution in [0.25, 0.3) is 16.8 Å². The molecule has 0 saturated heterocycles. The van der Waals surface area contributed by atoms with E-state index in [-0.39, 0.29) is 35.3 Å². The normalized spacial score (nSPS) is 17.9. The highest BCUT2D eigenvalue weighted by atomic mass is 28.4. The summed E-state index contributed by atoms with van der Waals surface area (Å²) in [5, 5.41) is 23.8. The highest BCUT2D eigenvalue weighted by Crippen LogP contribution is 2.48. The zero-order valence-electron chi connectivity index (χ0n) is 25.8. The molecule has 220 valence electrons. The molecule has 1 aliphatic carbocycles. The van der Waals surface area contributed by atoms with Crippen LogP contribution in [0, 0.1) is 13.8 Å². The molecule has 0 unspecified atom stereocenters. The summed E-state index contributed by atoms with van der Waals surface area (Å²) in [5.41, 5.74) is 5.21. The van der Waals surface area contributed by atoms with Gasteiger partial charge in [-0.25, -0.2) is 0 Å². The van der Waals surface area contributed by atoms with Crippen LogP contribution in [-0.2, 0) is 22.4 Å². The molecular weight excluding hydrogens is 532 g/mol. The monoisotopic (exact) mass is 576 g/mol. The third kappa shape index (κ3) is 5.73. The molecule has 7 heteroatoms. The van der Waals surface area contributed by atoms with E-state index in [9.17, 15) is 15.0 Å². The molecule has 0 spiro atoms. The lowest BCUT2D eigenvalue weighted by atomic mass is 9.79. The predicted molar refractivity (Wildman–Crippen MR) is 167 cm³/mol. The van der Waals surface area contributed by atoms with E-state index in [4.69, 9.17) is 13.9 Å². The lowest BCUT2D eigenvalue weighted by Gasteiger charge is -2.41. The van der Waals surface area contributed by atoms with Crippen molar-refractivity contribution in [1.29, 1.82) is 0 Å². The predicted octanol–water partition coefficient (Wildman–Crippen LogP) is 7.93. The van der Waals surface area contributed by atoms with Crippen molar-refractivity contribution in [3.05, 3.63) is 75.4 Å². The highest BCUT2D eigenvalue weighted by molar-refractivity contribution is 6.74. The van der Waals surface area contributed by atoms with Gasteiger partial charge in [0.1, 0.15) is 17.6 Å². The topological polar surface area (TPSA) is 85.2 Å². The molecule has 0 aliphatic heterocycles. The Morgan fingerprint density at radius 2 is 1.76 bits per heavy atom. The third-order valence-corrected chi connectivity index (χ3v) is 13.3. The summed E-state index contributed by atoms with van der Waals surface area (Å²) < 4.78 is 18.5. The van der Waals surface area contributed by atoms with E-state index in [1.807, 2.05) is 63.3 Å². The van der Waals surface area contributed by atoms with Gasteiger partial charge in [0, 0.05) is 17.4 Å². The van der Waals surface area contributed by atoms with Crippen LogP contribution in [0.3, 0.4) is 0 Å². The van der Waals surface area contributed by atoms with Crippen molar-refractivity contribution in [3.8, 4) is 11.5 Å². The van der Waals surface area contributed by atoms with Gasteiger partial charge in [-0.15, -0.1) is 0 Å². The van der Waals surface area contributed by atoms with Gasteiger partial charge in [-0.2, -0.15) is 0 Å². The number of hydrogen-bond acceptors (Lipinski definition) is 6. The van der Waals surface area contributed by atoms with Gasteiger partial charge in [-0.3, -0.25) is 4.79 Å². The van der Waals surface area contributed by atoms with Crippen LogP contribution in [0.5, 0.6) is 11.5 Å². The number of rotatable bonds is 8. The average Bonchev–Trinajstić information content (AvgIpc) is 2.91. The first-order valence-corrected chi connectivity index (χ1v) is 17.2. The molecule has 0 heterocycles. The Bertz CT molecular complexity index is 1480. The summed E-state index contributed by atoms with van der Waals surface area (Å²) in [6.07, 6.45) is 2.95. The largest absolute Gasteiger partial charge is 0.507 e. The maximum absolute atomic E-state index is 14.2. The smallest absolute Gasteiger partial charge is 0.194 e. The number of Topliss-reactive ketones (excluding diaryl/α,β-unsaturated/α-hetero) is 1. The van der Waals surface area contributed by atoms with E-state index >= 15 is 0 Å². The minimum absolute atomic E-state index is 0.0676. The molecule has 0 amide bonds. The Balaban J connectivity index is 1.92. The number of methoxy groups -OCH3 is 1. The molecule has 1 aliphatic rings. The SMILES string of the molecule is C/C=C/c1c(C)cc2c(CO)c3c(c(O)c2c1C)C(=O)[C@@H](O[Si](C)(C)C(C)(C)C)C[C@@H]3OCc1ccc(OC)cc1. The number of aryl methyl sites for hydroxylation is 2. The van der Waals surface area contributed by atoms with Crippen LogP contribution in [0.15, 0.2) is 36.4 Å². The Hall–Kier alpha value is -2.97. The number of aliphatic hydroxyl groups is 1. The molecule has 0 bridgehead atoms. The van der Waals surface area contributed by atoms with Gasteiger partial charge < -0.3 is 24.1 Å². The molecule has 0 radical (unpaired) electrons. The molecule has 2 atom stereocenters. The second-order valence-corrected chi connectivity index (χ2v) is 17.3. The second kappa shape index (κ2) is 11.7. The van der Waals surface area contributed by atoms with E-state index in [0.29, 0.717) is 22.9 Å². The first-order chi connectivity index (χ1) is 19.2. The molecule has 41 heavy (non-hydrogen) atoms. The lowest BCUT2D eigenvalue weighted by Crippen LogP contribution is -2.48. The fourth-order valence-corrected chi connectivity index (χ4v) is 6.84. The summed E-state index contributed by atoms with van der Waals surface area (Å²) in [5.74, 6) is 0.435. The Morgan fingerprint density at radius 3 is 2.32 bits per heavy atom. The number of phenolic OH excluding ortho intramolecular Hbond substituents is 1. The Kier molecular flexibility index (Phi) is 8.86. The summed E-state index contributed by atoms with van der Waals surface area (Å²) in [4.78, 5) is 14.2. The minimum Gasteiger partial charge on any atom is -0.507 e. The standard InChI is InChI=1S/C34H44O6Si/c1-10-11-24-20(2)16-25-26(18-35)30-27(39-19-22-12-14-23(38-7)15-13-22)17-28(40-41(8,9)34(4,5)6)32(36)31(30)33(37)29(25)21(24)3/h10-16,27-28,35,37H,17-19H2,1-9H3/b11-10+/t27-,28-/m0/s1. The van der Waals surface area contributed by atoms with Crippen LogP contribution in [0.2, 0.25) is 18.1 Å². The van der Waals surface area contributed by atoms with Gasteiger partial charge in [-0.05, 0) is 84.2 Å². The number of carbonyl (C=O) groups is 1. The Labute approximate surface area is 245 Å². The fraction of sp³-hybridized carbons (Fsp3) is 0.441. The van der Waals surface area contributed by atoms with Crippen molar-refractivity contribution in [2.24, 2.45) is 0 Å². The zero-order valence-corrected chi connectivity index (χ0v) is 26.8. The molecule has 0 fully saturated rings. The Morgan fingerprint density at radius 1 is 1.10 bits per heavy atom. The number of phenols is 1. The number of ketones is 1. The molecular formula is C34H44O6Si. The van der Waals surface area contributed by atoms with Gasteiger partial charge in [0.25, 0.3) is 0 Å². The average molecular weight is 577 g/mol. The van der Waals surface area contributed by atoms with Crippen LogP contribution in [0.4, 0.5) is 0 Å². The quantitative estimate of drug-likeness (QED) is 0.265. The number of hydrogen-bond donors (Lipinski definition) is 2. The number of benzene rings is 3. The molecule has 6 nitrogen and oxygen atoms in total. The summed E-state index contributed by atoms with van der Waals surface area (Å²) in [6, 6.07) is 9.64. The maximum Gasteiger partial charge on any atom is 0.194 e. The number of allylic oxidation sites excluding steroid dienone is 1. The second-order valence-electron chi connectivity index (χ2n) is 12.5. The minimum atomic E-state index is -2.34. The van der Waals surface area contributed by atoms with Crippen molar-refractivity contribution >= 4 is 30.9 Å². The van der Waals surface area contributed by atoms with Crippen LogP contribution < -0.4 is 4.74 Å². The maximum atomic E-state index is 14.2. The highest BCUT2D eigenvalue weighted by Gasteiger charge is 2.46.